The summed E-state index contributed by atoms with van der Waals surface area (Å²) in [5, 5.41) is 5.56. The van der Waals surface area contributed by atoms with Gasteiger partial charge in [0.25, 0.3) is 5.91 Å². The van der Waals surface area contributed by atoms with E-state index in [0.29, 0.717) is 11.7 Å². The Morgan fingerprint density at radius 1 is 1.64 bits per heavy atom. The van der Waals surface area contributed by atoms with E-state index in [9.17, 15) is 13.6 Å². The Kier molecular flexibility index (Phi) is 3.49. The number of carbonyl (C=O) groups excluding carboxylic acids is 1. The lowest BCUT2D eigenvalue weighted by Gasteiger charge is -2.00. The summed E-state index contributed by atoms with van der Waals surface area (Å²) >= 11 is 0. The molecular formula is C7H9F2N3O2. The zero-order chi connectivity index (χ0) is 10.6. The van der Waals surface area contributed by atoms with E-state index in [1.807, 2.05) is 5.32 Å². The van der Waals surface area contributed by atoms with Gasteiger partial charge in [-0.3, -0.25) is 4.79 Å². The van der Waals surface area contributed by atoms with Crippen molar-refractivity contribution in [3.63, 3.8) is 0 Å². The van der Waals surface area contributed by atoms with Crippen molar-refractivity contribution in [3.05, 3.63) is 11.7 Å². The van der Waals surface area contributed by atoms with Crippen molar-refractivity contribution in [2.45, 2.75) is 19.8 Å². The first-order chi connectivity index (χ1) is 6.59. The van der Waals surface area contributed by atoms with Gasteiger partial charge in [0, 0.05) is 19.9 Å². The second kappa shape index (κ2) is 4.64. The van der Waals surface area contributed by atoms with Crippen LogP contribution in [0.3, 0.4) is 0 Å². The first-order valence-corrected chi connectivity index (χ1v) is 3.94. The number of carbonyl (C=O) groups is 1. The number of halogens is 2. The molecule has 0 fully saturated rings. The lowest BCUT2D eigenvalue weighted by molar-refractivity contribution is -0.131. The van der Waals surface area contributed by atoms with Gasteiger partial charge in [-0.05, 0) is 0 Å². The molecule has 78 valence electrons. The molecule has 0 aromatic carbocycles. The van der Waals surface area contributed by atoms with Gasteiger partial charge in [0.15, 0.2) is 5.82 Å². The zero-order valence-electron chi connectivity index (χ0n) is 7.46. The van der Waals surface area contributed by atoms with Crippen LogP contribution in [0.1, 0.15) is 11.7 Å². The SMILES string of the molecule is Cc1nc(CCNC(=O)C(F)F)no1. The molecule has 1 aromatic heterocycles. The number of aromatic nitrogens is 2. The van der Waals surface area contributed by atoms with E-state index in [1.54, 1.807) is 6.92 Å². The van der Waals surface area contributed by atoms with Crippen LogP contribution >= 0.6 is 0 Å². The van der Waals surface area contributed by atoms with Gasteiger partial charge in [0.2, 0.25) is 5.89 Å². The van der Waals surface area contributed by atoms with Crippen LogP contribution in [-0.4, -0.2) is 29.0 Å². The average molecular weight is 205 g/mol. The second-order valence-corrected chi connectivity index (χ2v) is 2.57. The molecule has 0 spiro atoms. The number of nitrogens with zero attached hydrogens (tertiary/aromatic N) is 2. The second-order valence-electron chi connectivity index (χ2n) is 2.57. The maximum absolute atomic E-state index is 11.7. The van der Waals surface area contributed by atoms with Crippen LogP contribution in [0, 0.1) is 6.92 Å². The molecule has 14 heavy (non-hydrogen) atoms. The molecule has 0 saturated heterocycles. The Labute approximate surface area is 78.5 Å². The molecule has 0 bridgehead atoms. The third-order valence-electron chi connectivity index (χ3n) is 1.42. The summed E-state index contributed by atoms with van der Waals surface area (Å²) in [5.41, 5.74) is 0. The lowest BCUT2D eigenvalue weighted by atomic mass is 10.4. The van der Waals surface area contributed by atoms with Crippen molar-refractivity contribution >= 4 is 5.91 Å². The number of rotatable bonds is 4. The molecule has 5 nitrogen and oxygen atoms in total. The molecule has 7 heteroatoms. The van der Waals surface area contributed by atoms with Gasteiger partial charge >= 0.3 is 6.43 Å². The van der Waals surface area contributed by atoms with Gasteiger partial charge in [0.05, 0.1) is 0 Å². The molecule has 1 N–H and O–H groups in total. The van der Waals surface area contributed by atoms with E-state index in [0.717, 1.165) is 0 Å². The van der Waals surface area contributed by atoms with Crippen molar-refractivity contribution in [2.75, 3.05) is 6.54 Å². The van der Waals surface area contributed by atoms with E-state index >= 15 is 0 Å². The number of nitrogens with one attached hydrogen (secondary N) is 1. The highest BCUT2D eigenvalue weighted by molar-refractivity contribution is 5.78. The van der Waals surface area contributed by atoms with Gasteiger partial charge in [-0.25, -0.2) is 0 Å². The first-order valence-electron chi connectivity index (χ1n) is 3.94. The Bertz CT molecular complexity index is 314. The van der Waals surface area contributed by atoms with Crippen LogP contribution in [0.15, 0.2) is 4.52 Å². The molecule has 0 aliphatic rings. The molecule has 1 aromatic rings. The molecule has 0 unspecified atom stereocenters. The highest BCUT2D eigenvalue weighted by Crippen LogP contribution is 1.95. The minimum absolute atomic E-state index is 0.0716. The molecule has 0 radical (unpaired) electrons. The van der Waals surface area contributed by atoms with E-state index in [2.05, 4.69) is 14.7 Å². The van der Waals surface area contributed by atoms with Crippen molar-refractivity contribution in [1.29, 1.82) is 0 Å². The fourth-order valence-electron chi connectivity index (χ4n) is 0.818. The molecule has 0 saturated carbocycles. The van der Waals surface area contributed by atoms with Gasteiger partial charge in [-0.2, -0.15) is 13.8 Å². The first kappa shape index (κ1) is 10.6. The van der Waals surface area contributed by atoms with Gasteiger partial charge in [-0.15, -0.1) is 0 Å². The van der Waals surface area contributed by atoms with Gasteiger partial charge < -0.3 is 9.84 Å². The maximum atomic E-state index is 11.7. The van der Waals surface area contributed by atoms with Crippen LogP contribution < -0.4 is 5.32 Å². The van der Waals surface area contributed by atoms with Crippen LogP contribution in [0.2, 0.25) is 0 Å². The molecule has 0 aliphatic carbocycles. The van der Waals surface area contributed by atoms with Crippen molar-refractivity contribution in [3.8, 4) is 0 Å². The fourth-order valence-corrected chi connectivity index (χ4v) is 0.818. The molecule has 1 amide bonds. The highest BCUT2D eigenvalue weighted by atomic mass is 19.3. The van der Waals surface area contributed by atoms with E-state index in [1.165, 1.54) is 0 Å². The fraction of sp³-hybridized carbons (Fsp3) is 0.571. The van der Waals surface area contributed by atoms with Gasteiger partial charge in [-0.1, -0.05) is 5.16 Å². The van der Waals surface area contributed by atoms with E-state index in [-0.39, 0.29) is 13.0 Å². The number of alkyl halides is 2. The van der Waals surface area contributed by atoms with Crippen LogP contribution in [-0.2, 0) is 11.2 Å². The predicted octanol–water partition coefficient (Wildman–Crippen LogP) is 0.302. The topological polar surface area (TPSA) is 68.0 Å². The minimum Gasteiger partial charge on any atom is -0.351 e. The van der Waals surface area contributed by atoms with Crippen LogP contribution in [0.25, 0.3) is 0 Å². The zero-order valence-corrected chi connectivity index (χ0v) is 7.46. The highest BCUT2D eigenvalue weighted by Gasteiger charge is 2.14. The molecule has 1 heterocycles. The molecule has 0 atom stereocenters. The van der Waals surface area contributed by atoms with Crippen molar-refractivity contribution < 1.29 is 18.1 Å². The quantitative estimate of drug-likeness (QED) is 0.767. The average Bonchev–Trinajstić information content (AvgIpc) is 2.51. The molecule has 1 rings (SSSR count). The summed E-state index contributed by atoms with van der Waals surface area (Å²) in [6.07, 6.45) is -2.71. The number of hydrogen-bond donors (Lipinski definition) is 1. The summed E-state index contributed by atoms with van der Waals surface area (Å²) in [6.45, 7) is 1.69. The molecule has 0 aliphatic heterocycles. The monoisotopic (exact) mass is 205 g/mol. The normalized spacial score (nSPS) is 10.6. The van der Waals surface area contributed by atoms with Crippen LogP contribution in [0.5, 0.6) is 0 Å². The lowest BCUT2D eigenvalue weighted by Crippen LogP contribution is -2.31. The third kappa shape index (κ3) is 3.08. The minimum atomic E-state index is -2.98. The Hall–Kier alpha value is -1.53. The van der Waals surface area contributed by atoms with Gasteiger partial charge in [0.1, 0.15) is 0 Å². The third-order valence-corrected chi connectivity index (χ3v) is 1.42. The smallest absolute Gasteiger partial charge is 0.315 e. The standard InChI is InChI=1S/C7H9F2N3O2/c1-4-11-5(12-14-4)2-3-10-7(13)6(8)9/h6H,2-3H2,1H3,(H,10,13). The summed E-state index contributed by atoms with van der Waals surface area (Å²) in [4.78, 5) is 14.2. The summed E-state index contributed by atoms with van der Waals surface area (Å²) < 4.78 is 28.0. The van der Waals surface area contributed by atoms with Crippen molar-refractivity contribution in [1.82, 2.24) is 15.5 Å². The van der Waals surface area contributed by atoms with Crippen LogP contribution in [0.4, 0.5) is 8.78 Å². The number of amides is 1. The van der Waals surface area contributed by atoms with Crippen molar-refractivity contribution in [2.24, 2.45) is 0 Å². The Balaban J connectivity index is 2.25. The predicted molar refractivity (Wildman–Crippen MR) is 41.8 cm³/mol. The number of hydrogen-bond acceptors (Lipinski definition) is 4. The largest absolute Gasteiger partial charge is 0.351 e. The summed E-state index contributed by atoms with van der Waals surface area (Å²) in [6, 6.07) is 0. The Morgan fingerprint density at radius 2 is 2.36 bits per heavy atom. The van der Waals surface area contributed by atoms with E-state index in [4.69, 9.17) is 0 Å². The maximum Gasteiger partial charge on any atom is 0.315 e. The summed E-state index contributed by atoms with van der Waals surface area (Å²) in [5.74, 6) is -0.498. The molecular weight excluding hydrogens is 196 g/mol. The number of aryl methyl sites for hydroxylation is 1. The Morgan fingerprint density at radius 3 is 2.86 bits per heavy atom. The summed E-state index contributed by atoms with van der Waals surface area (Å²) in [7, 11) is 0. The van der Waals surface area contributed by atoms with E-state index < -0.39 is 12.3 Å².